The van der Waals surface area contributed by atoms with E-state index >= 15 is 0 Å². The molecule has 1 N–H and O–H groups in total. The number of nitrogens with one attached hydrogen (secondary N) is 1. The van der Waals surface area contributed by atoms with Gasteiger partial charge in [0, 0.05) is 12.6 Å². The third kappa shape index (κ3) is 2.51. The van der Waals surface area contributed by atoms with E-state index in [1.807, 2.05) is 6.92 Å². The first-order chi connectivity index (χ1) is 8.65. The number of hydrogen-bond acceptors (Lipinski definition) is 4. The molecule has 18 heavy (non-hydrogen) atoms. The average Bonchev–Trinajstić information content (AvgIpc) is 2.86. The lowest BCUT2D eigenvalue weighted by Crippen LogP contribution is -2.51. The molecule has 102 valence electrons. The van der Waals surface area contributed by atoms with Crippen LogP contribution in [0.4, 0.5) is 0 Å². The summed E-state index contributed by atoms with van der Waals surface area (Å²) < 4.78 is 4.78. The molecule has 0 bridgehead atoms. The zero-order valence-corrected chi connectivity index (χ0v) is 11.1. The largest absolute Gasteiger partial charge is 0.467 e. The number of carbonyl (C=O) groups excluding carboxylic acids is 2. The minimum atomic E-state index is -0.364. The molecule has 5 heteroatoms. The number of hydrogen-bond donors (Lipinski definition) is 1. The normalized spacial score (nSPS) is 32.3. The molecule has 2 aliphatic rings. The zero-order valence-electron chi connectivity index (χ0n) is 11.1. The van der Waals surface area contributed by atoms with Crippen LogP contribution in [0.25, 0.3) is 0 Å². The van der Waals surface area contributed by atoms with Crippen LogP contribution in [-0.4, -0.2) is 49.1 Å². The van der Waals surface area contributed by atoms with Gasteiger partial charge in [-0.2, -0.15) is 0 Å². The van der Waals surface area contributed by atoms with Gasteiger partial charge in [-0.15, -0.1) is 0 Å². The van der Waals surface area contributed by atoms with Crippen molar-refractivity contribution in [1.29, 1.82) is 0 Å². The van der Waals surface area contributed by atoms with Gasteiger partial charge < -0.3 is 15.0 Å². The van der Waals surface area contributed by atoms with Crippen LogP contribution in [-0.2, 0) is 14.3 Å². The highest BCUT2D eigenvalue weighted by atomic mass is 16.5. The van der Waals surface area contributed by atoms with Crippen molar-refractivity contribution < 1.29 is 14.3 Å². The summed E-state index contributed by atoms with van der Waals surface area (Å²) in [5.74, 6) is -0.163. The number of esters is 1. The third-order valence-corrected chi connectivity index (χ3v) is 4.09. The van der Waals surface area contributed by atoms with E-state index in [0.717, 1.165) is 32.2 Å². The molecule has 0 saturated carbocycles. The Labute approximate surface area is 108 Å². The lowest BCUT2D eigenvalue weighted by atomic mass is 9.90. The van der Waals surface area contributed by atoms with E-state index in [-0.39, 0.29) is 29.9 Å². The Hall–Kier alpha value is -1.10. The number of carbonyl (C=O) groups is 2. The van der Waals surface area contributed by atoms with Crippen molar-refractivity contribution in [3.05, 3.63) is 0 Å². The molecule has 0 aromatic rings. The number of rotatable bonds is 2. The third-order valence-electron chi connectivity index (χ3n) is 4.09. The molecule has 0 aromatic heterocycles. The number of amides is 1. The number of likely N-dealkylation sites (tertiary alicyclic amines) is 1. The molecule has 0 radical (unpaired) electrons. The van der Waals surface area contributed by atoms with Crippen molar-refractivity contribution >= 4 is 11.9 Å². The van der Waals surface area contributed by atoms with Gasteiger partial charge in [-0.25, -0.2) is 4.79 Å². The molecule has 5 nitrogen and oxygen atoms in total. The minimum absolute atomic E-state index is 0.00371. The van der Waals surface area contributed by atoms with Gasteiger partial charge in [0.2, 0.25) is 5.91 Å². The van der Waals surface area contributed by atoms with Gasteiger partial charge in [-0.3, -0.25) is 4.79 Å². The van der Waals surface area contributed by atoms with Crippen LogP contribution < -0.4 is 5.32 Å². The molecular formula is C13H22N2O3. The Bertz CT molecular complexity index is 332. The van der Waals surface area contributed by atoms with Crippen molar-refractivity contribution in [2.24, 2.45) is 5.92 Å². The lowest BCUT2D eigenvalue weighted by Gasteiger charge is -2.33. The van der Waals surface area contributed by atoms with Gasteiger partial charge in [0.25, 0.3) is 0 Å². The van der Waals surface area contributed by atoms with Gasteiger partial charge in [-0.05, 0) is 39.2 Å². The molecule has 2 rings (SSSR count). The highest BCUT2D eigenvalue weighted by Crippen LogP contribution is 2.25. The van der Waals surface area contributed by atoms with Crippen molar-refractivity contribution in [2.75, 3.05) is 20.2 Å². The number of methoxy groups -OCH3 is 1. The fourth-order valence-corrected chi connectivity index (χ4v) is 3.01. The van der Waals surface area contributed by atoms with E-state index in [4.69, 9.17) is 4.74 Å². The summed E-state index contributed by atoms with van der Waals surface area (Å²) in [6.45, 7) is 3.71. The monoisotopic (exact) mass is 254 g/mol. The van der Waals surface area contributed by atoms with Crippen molar-refractivity contribution in [3.63, 3.8) is 0 Å². The molecule has 0 aliphatic carbocycles. The average molecular weight is 254 g/mol. The van der Waals surface area contributed by atoms with Crippen LogP contribution in [0.5, 0.6) is 0 Å². The Morgan fingerprint density at radius 1 is 1.28 bits per heavy atom. The fraction of sp³-hybridized carbons (Fsp3) is 0.846. The second-order valence-corrected chi connectivity index (χ2v) is 5.20. The number of nitrogens with zero attached hydrogens (tertiary/aromatic N) is 1. The summed E-state index contributed by atoms with van der Waals surface area (Å²) in [5.41, 5.74) is 0. The topological polar surface area (TPSA) is 58.6 Å². The minimum Gasteiger partial charge on any atom is -0.467 e. The summed E-state index contributed by atoms with van der Waals surface area (Å²) in [6, 6.07) is -0.165. The van der Waals surface area contributed by atoms with Crippen LogP contribution in [0, 0.1) is 5.92 Å². The maximum absolute atomic E-state index is 12.5. The van der Waals surface area contributed by atoms with Gasteiger partial charge >= 0.3 is 5.97 Å². The molecular weight excluding hydrogens is 232 g/mol. The second-order valence-electron chi connectivity index (χ2n) is 5.20. The lowest BCUT2D eigenvalue weighted by molar-refractivity contribution is -0.153. The zero-order chi connectivity index (χ0) is 13.1. The van der Waals surface area contributed by atoms with Gasteiger partial charge in [-0.1, -0.05) is 0 Å². The molecule has 2 heterocycles. The molecule has 2 saturated heterocycles. The van der Waals surface area contributed by atoms with Crippen molar-refractivity contribution in [1.82, 2.24) is 10.2 Å². The van der Waals surface area contributed by atoms with Crippen LogP contribution in [0.2, 0.25) is 0 Å². The molecule has 2 aliphatic heterocycles. The van der Waals surface area contributed by atoms with E-state index in [2.05, 4.69) is 5.32 Å². The summed E-state index contributed by atoms with van der Waals surface area (Å²) in [4.78, 5) is 25.9. The van der Waals surface area contributed by atoms with Gasteiger partial charge in [0.05, 0.1) is 13.0 Å². The van der Waals surface area contributed by atoms with E-state index in [0.29, 0.717) is 6.54 Å². The summed E-state index contributed by atoms with van der Waals surface area (Å²) in [7, 11) is 1.38. The number of ether oxygens (including phenoxy) is 1. The Morgan fingerprint density at radius 3 is 2.72 bits per heavy atom. The Balaban J connectivity index is 2.05. The highest BCUT2D eigenvalue weighted by Gasteiger charge is 2.39. The maximum Gasteiger partial charge on any atom is 0.328 e. The van der Waals surface area contributed by atoms with Crippen LogP contribution in [0.3, 0.4) is 0 Å². The first-order valence-electron chi connectivity index (χ1n) is 6.77. The van der Waals surface area contributed by atoms with Crippen LogP contribution in [0.1, 0.15) is 32.6 Å². The predicted molar refractivity (Wildman–Crippen MR) is 66.9 cm³/mol. The SMILES string of the molecule is COC(=O)[C@@H]1CCCN1C(=O)[C@H]1CCCN[C@H]1C. The predicted octanol–water partition coefficient (Wildman–Crippen LogP) is 0.539. The number of piperidine rings is 1. The fourth-order valence-electron chi connectivity index (χ4n) is 3.01. The summed E-state index contributed by atoms with van der Waals surface area (Å²) >= 11 is 0. The van der Waals surface area contributed by atoms with E-state index in [1.165, 1.54) is 7.11 Å². The standard InChI is InChI=1S/C13H22N2O3/c1-9-10(5-3-7-14-9)12(16)15-8-4-6-11(15)13(17)18-2/h9-11,14H,3-8H2,1-2H3/t9-,10-,11-/m0/s1. The van der Waals surface area contributed by atoms with Crippen molar-refractivity contribution in [2.45, 2.75) is 44.7 Å². The van der Waals surface area contributed by atoms with E-state index in [9.17, 15) is 9.59 Å². The van der Waals surface area contributed by atoms with E-state index in [1.54, 1.807) is 4.90 Å². The Morgan fingerprint density at radius 2 is 2.06 bits per heavy atom. The molecule has 2 fully saturated rings. The summed E-state index contributed by atoms with van der Waals surface area (Å²) in [5, 5.41) is 3.33. The smallest absolute Gasteiger partial charge is 0.328 e. The van der Waals surface area contributed by atoms with Crippen molar-refractivity contribution in [3.8, 4) is 0 Å². The second kappa shape index (κ2) is 5.69. The van der Waals surface area contributed by atoms with Crippen LogP contribution in [0.15, 0.2) is 0 Å². The summed E-state index contributed by atoms with van der Waals surface area (Å²) in [6.07, 6.45) is 3.56. The highest BCUT2D eigenvalue weighted by molar-refractivity contribution is 5.86. The molecule has 3 atom stereocenters. The van der Waals surface area contributed by atoms with Gasteiger partial charge in [0.1, 0.15) is 6.04 Å². The molecule has 0 aromatic carbocycles. The first kappa shape index (κ1) is 13.3. The molecule has 0 spiro atoms. The van der Waals surface area contributed by atoms with E-state index < -0.39 is 0 Å². The molecule has 1 amide bonds. The molecule has 0 unspecified atom stereocenters. The quantitative estimate of drug-likeness (QED) is 0.731. The first-order valence-corrected chi connectivity index (χ1v) is 6.77. The van der Waals surface area contributed by atoms with Crippen LogP contribution >= 0.6 is 0 Å². The maximum atomic E-state index is 12.5. The Kier molecular flexibility index (Phi) is 4.22. The van der Waals surface area contributed by atoms with Gasteiger partial charge in [0.15, 0.2) is 0 Å².